The molecule has 2 fully saturated rings. The van der Waals surface area contributed by atoms with E-state index in [1.54, 1.807) is 27.7 Å². The molecule has 5 heteroatoms. The van der Waals surface area contributed by atoms with Gasteiger partial charge in [0.15, 0.2) is 0 Å². The lowest BCUT2D eigenvalue weighted by atomic mass is 9.76. The topological polar surface area (TPSA) is 47.9 Å². The van der Waals surface area contributed by atoms with Crippen LogP contribution in [0.1, 0.15) is 51.4 Å². The van der Waals surface area contributed by atoms with E-state index in [0.29, 0.717) is 0 Å². The van der Waals surface area contributed by atoms with Crippen LogP contribution in [0.4, 0.5) is 0 Å². The molecular formula is C11H21BO4. The second kappa shape index (κ2) is 3.98. The number of ether oxygens (including phenoxy) is 1. The fraction of sp³-hybridized carbons (Fsp3) is 1.00. The summed E-state index contributed by atoms with van der Waals surface area (Å²) in [6.07, 6.45) is -10.5. The molecule has 4 nitrogen and oxygen atoms in total. The van der Waals surface area contributed by atoms with E-state index in [-0.39, 0.29) is 0 Å². The number of rotatable bonds is 1. The van der Waals surface area contributed by atoms with E-state index >= 15 is 0 Å². The molecule has 0 spiro atoms. The van der Waals surface area contributed by atoms with Crippen molar-refractivity contribution >= 4 is 7.12 Å². The Morgan fingerprint density at radius 3 is 2.44 bits per heavy atom. The van der Waals surface area contributed by atoms with Gasteiger partial charge in [0.2, 0.25) is 0 Å². The van der Waals surface area contributed by atoms with Crippen molar-refractivity contribution < 1.29 is 30.1 Å². The highest BCUT2D eigenvalue weighted by molar-refractivity contribution is 6.47. The molecule has 2 heterocycles. The molecule has 2 aliphatic heterocycles. The lowest BCUT2D eigenvalue weighted by Crippen LogP contribution is -2.42. The van der Waals surface area contributed by atoms with Gasteiger partial charge in [0, 0.05) is 12.0 Å². The molecule has 0 aromatic carbocycles. The standard InChI is InChI=1S/C11H21BO4/c1-10(2)11(3,4)16-12(15-10)9-7-8(13)5-6-14-9/h8-9,13H,5-7H2,1-4H3/i5D2,6D2,7D2,8D,9D. The van der Waals surface area contributed by atoms with Crippen molar-refractivity contribution in [3.63, 3.8) is 0 Å². The molecule has 2 aliphatic rings. The van der Waals surface area contributed by atoms with Crippen molar-refractivity contribution in [1.82, 2.24) is 0 Å². The fourth-order valence-electron chi connectivity index (χ4n) is 1.36. The fourth-order valence-corrected chi connectivity index (χ4v) is 1.36. The average Bonchev–Trinajstić information content (AvgIpc) is 2.56. The van der Waals surface area contributed by atoms with Crippen LogP contribution in [0.5, 0.6) is 0 Å². The summed E-state index contributed by atoms with van der Waals surface area (Å²) >= 11 is 0. The minimum absolute atomic E-state index is 1.01. The van der Waals surface area contributed by atoms with Crippen molar-refractivity contribution in [2.24, 2.45) is 0 Å². The molecule has 0 aromatic heterocycles. The van der Waals surface area contributed by atoms with Gasteiger partial charge in [0.25, 0.3) is 0 Å². The molecule has 1 N–H and O–H groups in total. The minimum atomic E-state index is -3.63. The molecule has 92 valence electrons. The molecule has 0 amide bonds. The van der Waals surface area contributed by atoms with Gasteiger partial charge in [0.1, 0.15) is 0 Å². The summed E-state index contributed by atoms with van der Waals surface area (Å²) in [6.45, 7) is 3.15. The average molecular weight is 236 g/mol. The zero-order valence-corrected chi connectivity index (χ0v) is 9.75. The van der Waals surface area contributed by atoms with E-state index in [9.17, 15) is 5.11 Å². The Hall–Kier alpha value is -0.0951. The van der Waals surface area contributed by atoms with Crippen LogP contribution in [0, 0.1) is 0 Å². The van der Waals surface area contributed by atoms with Gasteiger partial charge in [-0.2, -0.15) is 0 Å². The van der Waals surface area contributed by atoms with Crippen molar-refractivity contribution in [2.45, 2.75) is 63.7 Å². The highest BCUT2D eigenvalue weighted by Gasteiger charge is 2.54. The van der Waals surface area contributed by atoms with Gasteiger partial charge in [-0.05, 0) is 40.4 Å². The van der Waals surface area contributed by atoms with Gasteiger partial charge in [-0.1, -0.05) is 0 Å². The SMILES string of the molecule is [2H]C1([2H])OC([2H])(B2OC(C)(C)C(C)(C)O2)C([2H])([2H])C([2H])(O)C1([2H])[2H]. The zero-order chi connectivity index (χ0) is 19.2. The molecule has 0 aliphatic carbocycles. The van der Waals surface area contributed by atoms with Gasteiger partial charge >= 0.3 is 7.12 Å². The second-order valence-electron chi connectivity index (χ2n) is 4.76. The largest absolute Gasteiger partial charge is 0.489 e. The Bertz CT molecular complexity index is 536. The second-order valence-corrected chi connectivity index (χ2v) is 4.76. The third-order valence-corrected chi connectivity index (χ3v) is 3.04. The molecule has 2 saturated heterocycles. The van der Waals surface area contributed by atoms with Crippen LogP contribution >= 0.6 is 0 Å². The zero-order valence-electron chi connectivity index (χ0n) is 17.7. The van der Waals surface area contributed by atoms with Crippen LogP contribution in [-0.2, 0) is 14.0 Å². The first-order valence-corrected chi connectivity index (χ1v) is 5.05. The molecule has 2 unspecified atom stereocenters. The normalized spacial score (nSPS) is 63.7. The number of hydrogen-bond donors (Lipinski definition) is 1. The molecule has 2 atom stereocenters. The molecule has 16 heavy (non-hydrogen) atoms. The first-order valence-electron chi connectivity index (χ1n) is 9.05. The highest BCUT2D eigenvalue weighted by Crippen LogP contribution is 2.39. The molecule has 0 radical (unpaired) electrons. The van der Waals surface area contributed by atoms with Crippen molar-refractivity contribution in [1.29, 1.82) is 0 Å². The summed E-state index contributed by atoms with van der Waals surface area (Å²) in [5.41, 5.74) is -2.01. The maximum Gasteiger partial charge on any atom is 0.489 e. The predicted molar refractivity (Wildman–Crippen MR) is 61.1 cm³/mol. The van der Waals surface area contributed by atoms with Crippen LogP contribution in [-0.4, -0.2) is 42.0 Å². The monoisotopic (exact) mass is 236 g/mol. The summed E-state index contributed by atoms with van der Waals surface area (Å²) in [6, 6.07) is 0. The lowest BCUT2D eigenvalue weighted by molar-refractivity contribution is -0.0235. The molecular weight excluding hydrogens is 207 g/mol. The maximum absolute atomic E-state index is 10.2. The summed E-state index contributed by atoms with van der Waals surface area (Å²) < 4.78 is 78.5. The van der Waals surface area contributed by atoms with Crippen molar-refractivity contribution in [3.05, 3.63) is 0 Å². The Labute approximate surface area is 109 Å². The van der Waals surface area contributed by atoms with Crippen LogP contribution in [0.2, 0.25) is 0 Å². The van der Waals surface area contributed by atoms with Gasteiger partial charge in [-0.15, -0.1) is 0 Å². The lowest BCUT2D eigenvalue weighted by Gasteiger charge is -2.32. The van der Waals surface area contributed by atoms with Crippen molar-refractivity contribution in [3.8, 4) is 0 Å². The molecule has 0 aromatic rings. The summed E-state index contributed by atoms with van der Waals surface area (Å²) in [5.74, 6) is -3.02. The number of aliphatic hydroxyl groups is 1. The van der Waals surface area contributed by atoms with E-state index in [4.69, 9.17) is 25.0 Å². The van der Waals surface area contributed by atoms with Gasteiger partial charge < -0.3 is 19.2 Å². The third kappa shape index (κ3) is 2.14. The van der Waals surface area contributed by atoms with E-state index in [1.807, 2.05) is 0 Å². The van der Waals surface area contributed by atoms with E-state index in [0.717, 1.165) is 0 Å². The smallest absolute Gasteiger partial charge is 0.402 e. The molecule has 0 saturated carbocycles. The van der Waals surface area contributed by atoms with Crippen LogP contribution < -0.4 is 0 Å². The third-order valence-electron chi connectivity index (χ3n) is 3.04. The predicted octanol–water partition coefficient (Wildman–Crippen LogP) is 1.16. The summed E-state index contributed by atoms with van der Waals surface area (Å²) in [4.78, 5) is 0. The van der Waals surface area contributed by atoms with Crippen LogP contribution in [0.25, 0.3) is 0 Å². The van der Waals surface area contributed by atoms with E-state index < -0.39 is 49.7 Å². The van der Waals surface area contributed by atoms with Gasteiger partial charge in [0.05, 0.1) is 28.7 Å². The quantitative estimate of drug-likeness (QED) is 0.694. The molecule has 0 bridgehead atoms. The molecule has 2 rings (SSSR count). The van der Waals surface area contributed by atoms with Gasteiger partial charge in [-0.25, -0.2) is 0 Å². The maximum atomic E-state index is 10.2. The summed E-state index contributed by atoms with van der Waals surface area (Å²) in [5, 5.41) is 10.2. The Kier molecular flexibility index (Phi) is 1.42. The first-order chi connectivity index (χ1) is 10.3. The Balaban J connectivity index is 2.58. The highest BCUT2D eigenvalue weighted by atomic mass is 16.7. The van der Waals surface area contributed by atoms with Crippen LogP contribution in [0.15, 0.2) is 0 Å². The minimum Gasteiger partial charge on any atom is -0.402 e. The van der Waals surface area contributed by atoms with Crippen molar-refractivity contribution in [2.75, 3.05) is 6.56 Å². The van der Waals surface area contributed by atoms with E-state index in [2.05, 4.69) is 0 Å². The van der Waals surface area contributed by atoms with Gasteiger partial charge in [-0.3, -0.25) is 0 Å². The van der Waals surface area contributed by atoms with E-state index in [1.165, 1.54) is 0 Å². The Morgan fingerprint density at radius 1 is 1.31 bits per heavy atom. The first kappa shape index (κ1) is 5.70. The summed E-state index contributed by atoms with van der Waals surface area (Å²) in [7, 11) is -1.79. The van der Waals surface area contributed by atoms with Crippen LogP contribution in [0.3, 0.4) is 0 Å². The number of hydrogen-bond acceptors (Lipinski definition) is 4. The Morgan fingerprint density at radius 2 is 1.88 bits per heavy atom.